The molecule has 1 aromatic carbocycles. The van der Waals surface area contributed by atoms with Gasteiger partial charge in [-0.15, -0.1) is 11.3 Å². The number of aryl methyl sites for hydroxylation is 1. The molecule has 3 heteroatoms. The first-order valence-corrected chi connectivity index (χ1v) is 7.98. The van der Waals surface area contributed by atoms with Gasteiger partial charge in [0.05, 0.1) is 6.10 Å². The van der Waals surface area contributed by atoms with Crippen LogP contribution in [0.5, 0.6) is 0 Å². The highest BCUT2D eigenvalue weighted by molar-refractivity contribution is 7.10. The van der Waals surface area contributed by atoms with Crippen molar-refractivity contribution >= 4 is 22.9 Å². The van der Waals surface area contributed by atoms with Crippen molar-refractivity contribution in [1.29, 1.82) is 0 Å². The van der Waals surface area contributed by atoms with Gasteiger partial charge in [0.25, 0.3) is 0 Å². The molecule has 100 valence electrons. The van der Waals surface area contributed by atoms with E-state index in [4.69, 9.17) is 11.6 Å². The average Bonchev–Trinajstić information content (AvgIpc) is 2.89. The topological polar surface area (TPSA) is 20.2 Å². The Labute approximate surface area is 122 Å². The van der Waals surface area contributed by atoms with Crippen LogP contribution in [0.1, 0.15) is 34.8 Å². The molecule has 0 amide bonds. The van der Waals surface area contributed by atoms with E-state index >= 15 is 0 Å². The van der Waals surface area contributed by atoms with Crippen LogP contribution in [0.25, 0.3) is 0 Å². The lowest BCUT2D eigenvalue weighted by atomic mass is 9.82. The Hall–Kier alpha value is -0.830. The maximum Gasteiger partial charge on any atom is 0.0649 e. The van der Waals surface area contributed by atoms with E-state index in [1.54, 1.807) is 0 Å². The molecule has 0 bridgehead atoms. The van der Waals surface area contributed by atoms with E-state index in [2.05, 4.69) is 11.4 Å². The average molecular weight is 293 g/mol. The largest absolute Gasteiger partial charge is 0.392 e. The second-order valence-corrected chi connectivity index (χ2v) is 6.63. The Balaban J connectivity index is 1.75. The molecular formula is C16H17ClOS. The van der Waals surface area contributed by atoms with E-state index in [1.165, 1.54) is 23.3 Å². The quantitative estimate of drug-likeness (QED) is 0.887. The lowest BCUT2D eigenvalue weighted by molar-refractivity contribution is 0.135. The van der Waals surface area contributed by atoms with Crippen LogP contribution in [0.2, 0.25) is 5.02 Å². The molecule has 0 spiro atoms. The number of aliphatic hydroxyl groups is 1. The van der Waals surface area contributed by atoms with Gasteiger partial charge in [0, 0.05) is 15.8 Å². The number of halogens is 1. The van der Waals surface area contributed by atoms with Gasteiger partial charge >= 0.3 is 0 Å². The van der Waals surface area contributed by atoms with Crippen molar-refractivity contribution in [1.82, 2.24) is 0 Å². The molecule has 1 nitrogen and oxygen atoms in total. The molecule has 0 saturated carbocycles. The minimum absolute atomic E-state index is 0.296. The normalized spacial score (nSPS) is 20.0. The number of rotatable bonds is 3. The number of thiophene rings is 1. The number of aliphatic hydroxyl groups excluding tert-OH is 1. The molecule has 2 aromatic rings. The minimum Gasteiger partial charge on any atom is -0.392 e. The lowest BCUT2D eigenvalue weighted by Gasteiger charge is -2.27. The SMILES string of the molecule is OC(Cc1ccc(Cl)cc1)C1CCCc2sccc21. The fourth-order valence-corrected chi connectivity index (χ4v) is 4.05. The van der Waals surface area contributed by atoms with Gasteiger partial charge in [-0.05, 0) is 60.4 Å². The molecule has 0 fully saturated rings. The molecule has 1 aliphatic carbocycles. The second kappa shape index (κ2) is 5.66. The Morgan fingerprint density at radius 1 is 1.26 bits per heavy atom. The second-order valence-electron chi connectivity index (χ2n) is 5.20. The third-order valence-electron chi connectivity index (χ3n) is 3.92. The third-order valence-corrected chi connectivity index (χ3v) is 5.17. The zero-order chi connectivity index (χ0) is 13.2. The summed E-state index contributed by atoms with van der Waals surface area (Å²) < 4.78 is 0. The summed E-state index contributed by atoms with van der Waals surface area (Å²) in [6, 6.07) is 9.97. The van der Waals surface area contributed by atoms with Gasteiger partial charge in [-0.1, -0.05) is 23.7 Å². The Morgan fingerprint density at radius 2 is 2.05 bits per heavy atom. The molecule has 2 atom stereocenters. The van der Waals surface area contributed by atoms with E-state index in [0.717, 1.165) is 17.0 Å². The summed E-state index contributed by atoms with van der Waals surface area (Å²) >= 11 is 7.71. The summed E-state index contributed by atoms with van der Waals surface area (Å²) in [5.41, 5.74) is 2.52. The Morgan fingerprint density at radius 3 is 2.84 bits per heavy atom. The van der Waals surface area contributed by atoms with Crippen LogP contribution in [0.3, 0.4) is 0 Å². The maximum atomic E-state index is 10.5. The van der Waals surface area contributed by atoms with Gasteiger partial charge < -0.3 is 5.11 Å². The summed E-state index contributed by atoms with van der Waals surface area (Å²) in [6.07, 6.45) is 3.87. The fourth-order valence-electron chi connectivity index (χ4n) is 2.93. The molecule has 0 radical (unpaired) electrons. The van der Waals surface area contributed by atoms with Crippen molar-refractivity contribution in [2.45, 2.75) is 37.7 Å². The van der Waals surface area contributed by atoms with Gasteiger partial charge in [0.1, 0.15) is 0 Å². The summed E-state index contributed by atoms with van der Waals surface area (Å²) in [5, 5.41) is 13.4. The van der Waals surface area contributed by atoms with Crippen LogP contribution in [-0.4, -0.2) is 11.2 Å². The van der Waals surface area contributed by atoms with Crippen LogP contribution in [0.4, 0.5) is 0 Å². The fraction of sp³-hybridized carbons (Fsp3) is 0.375. The maximum absolute atomic E-state index is 10.5. The highest BCUT2D eigenvalue weighted by Crippen LogP contribution is 2.37. The summed E-state index contributed by atoms with van der Waals surface area (Å²) in [6.45, 7) is 0. The van der Waals surface area contributed by atoms with E-state index in [0.29, 0.717) is 12.3 Å². The molecule has 19 heavy (non-hydrogen) atoms. The zero-order valence-corrected chi connectivity index (χ0v) is 12.3. The van der Waals surface area contributed by atoms with Gasteiger partial charge in [0.15, 0.2) is 0 Å². The van der Waals surface area contributed by atoms with Gasteiger partial charge in [-0.3, -0.25) is 0 Å². The highest BCUT2D eigenvalue weighted by atomic mass is 35.5. The minimum atomic E-state index is -0.296. The van der Waals surface area contributed by atoms with Crippen LogP contribution in [-0.2, 0) is 12.8 Å². The van der Waals surface area contributed by atoms with Crippen molar-refractivity contribution in [3.05, 3.63) is 56.7 Å². The van der Waals surface area contributed by atoms with E-state index in [9.17, 15) is 5.11 Å². The zero-order valence-electron chi connectivity index (χ0n) is 10.7. The standard InChI is InChI=1S/C16H17ClOS/c17-12-6-4-11(5-7-12)10-15(18)13-2-1-3-16-14(13)8-9-19-16/h4-9,13,15,18H,1-3,10H2. The predicted octanol–water partition coefficient (Wildman–Crippen LogP) is 4.43. The molecular weight excluding hydrogens is 276 g/mol. The molecule has 3 rings (SSSR count). The van der Waals surface area contributed by atoms with Gasteiger partial charge in [-0.25, -0.2) is 0 Å². The van der Waals surface area contributed by atoms with E-state index in [1.807, 2.05) is 35.6 Å². The summed E-state index contributed by atoms with van der Waals surface area (Å²) in [4.78, 5) is 1.46. The van der Waals surface area contributed by atoms with Crippen molar-refractivity contribution < 1.29 is 5.11 Å². The van der Waals surface area contributed by atoms with Crippen molar-refractivity contribution in [3.8, 4) is 0 Å². The van der Waals surface area contributed by atoms with Gasteiger partial charge in [-0.2, -0.15) is 0 Å². The first kappa shape index (κ1) is 13.2. The van der Waals surface area contributed by atoms with Crippen molar-refractivity contribution in [2.24, 2.45) is 0 Å². The molecule has 0 aliphatic heterocycles. The molecule has 1 aliphatic rings. The smallest absolute Gasteiger partial charge is 0.0649 e. The third kappa shape index (κ3) is 2.86. The number of hydrogen-bond acceptors (Lipinski definition) is 2. The van der Waals surface area contributed by atoms with E-state index in [-0.39, 0.29) is 6.10 Å². The number of hydrogen-bond donors (Lipinski definition) is 1. The molecule has 1 N–H and O–H groups in total. The first-order chi connectivity index (χ1) is 9.24. The lowest BCUT2D eigenvalue weighted by Crippen LogP contribution is -2.24. The molecule has 1 aromatic heterocycles. The van der Waals surface area contributed by atoms with Crippen molar-refractivity contribution in [3.63, 3.8) is 0 Å². The molecule has 2 unspecified atom stereocenters. The van der Waals surface area contributed by atoms with Gasteiger partial charge in [0.2, 0.25) is 0 Å². The number of benzene rings is 1. The van der Waals surface area contributed by atoms with Crippen LogP contribution >= 0.6 is 22.9 Å². The first-order valence-electron chi connectivity index (χ1n) is 6.73. The van der Waals surface area contributed by atoms with Crippen LogP contribution in [0, 0.1) is 0 Å². The van der Waals surface area contributed by atoms with Crippen LogP contribution in [0.15, 0.2) is 35.7 Å². The molecule has 1 heterocycles. The Bertz CT molecular complexity index is 546. The van der Waals surface area contributed by atoms with Crippen LogP contribution < -0.4 is 0 Å². The molecule has 0 saturated heterocycles. The van der Waals surface area contributed by atoms with E-state index < -0.39 is 0 Å². The monoisotopic (exact) mass is 292 g/mol. The van der Waals surface area contributed by atoms with Crippen molar-refractivity contribution in [2.75, 3.05) is 0 Å². The number of fused-ring (bicyclic) bond motifs is 1. The summed E-state index contributed by atoms with van der Waals surface area (Å²) in [7, 11) is 0. The summed E-state index contributed by atoms with van der Waals surface area (Å²) in [5.74, 6) is 0.297. The highest BCUT2D eigenvalue weighted by Gasteiger charge is 2.27. The predicted molar refractivity (Wildman–Crippen MR) is 81.2 cm³/mol. The Kier molecular flexibility index (Phi) is 3.92.